The molecule has 1 saturated carbocycles. The highest BCUT2D eigenvalue weighted by molar-refractivity contribution is 5.79. The molecule has 0 saturated heterocycles. The zero-order valence-corrected chi connectivity index (χ0v) is 10.2. The van der Waals surface area contributed by atoms with E-state index >= 15 is 0 Å². The Kier molecular flexibility index (Phi) is 3.48. The normalized spacial score (nSPS) is 19.1. The monoisotopic (exact) mass is 233 g/mol. The number of carbonyl (C=O) groups excluding carboxylic acids is 1. The van der Waals surface area contributed by atoms with Gasteiger partial charge in [0.05, 0.1) is 7.11 Å². The standard InChI is InChI=1S/C14H19NO2/c1-17-13-4-2-3-11(9-13)10-14(15)7-5-12(16)6-8-14/h2-4,9H,5-8,10,15H2,1H3. The molecule has 0 heterocycles. The average Bonchev–Trinajstić information content (AvgIpc) is 2.33. The highest BCUT2D eigenvalue weighted by atomic mass is 16.5. The lowest BCUT2D eigenvalue weighted by atomic mass is 9.78. The van der Waals surface area contributed by atoms with Crippen molar-refractivity contribution in [3.63, 3.8) is 0 Å². The summed E-state index contributed by atoms with van der Waals surface area (Å²) in [7, 11) is 1.66. The van der Waals surface area contributed by atoms with Gasteiger partial charge in [0.2, 0.25) is 0 Å². The minimum atomic E-state index is -0.222. The van der Waals surface area contributed by atoms with E-state index < -0.39 is 0 Å². The van der Waals surface area contributed by atoms with Crippen LogP contribution in [0.2, 0.25) is 0 Å². The molecule has 0 unspecified atom stereocenters. The van der Waals surface area contributed by atoms with E-state index in [1.807, 2.05) is 18.2 Å². The molecule has 92 valence electrons. The van der Waals surface area contributed by atoms with Crippen LogP contribution in [0, 0.1) is 0 Å². The molecule has 0 aromatic heterocycles. The second-order valence-electron chi connectivity index (χ2n) is 4.93. The van der Waals surface area contributed by atoms with E-state index in [0.717, 1.165) is 25.0 Å². The van der Waals surface area contributed by atoms with Crippen molar-refractivity contribution in [2.75, 3.05) is 7.11 Å². The Morgan fingerprint density at radius 3 is 2.71 bits per heavy atom. The number of benzene rings is 1. The summed E-state index contributed by atoms with van der Waals surface area (Å²) in [5, 5.41) is 0. The number of hydrogen-bond donors (Lipinski definition) is 1. The fraction of sp³-hybridized carbons (Fsp3) is 0.500. The summed E-state index contributed by atoms with van der Waals surface area (Å²) in [5.74, 6) is 1.20. The average molecular weight is 233 g/mol. The molecule has 0 radical (unpaired) electrons. The molecule has 1 aliphatic rings. The quantitative estimate of drug-likeness (QED) is 0.869. The third-order valence-electron chi connectivity index (χ3n) is 3.49. The molecule has 1 aliphatic carbocycles. The first-order chi connectivity index (χ1) is 8.11. The molecule has 1 aromatic carbocycles. The third-order valence-corrected chi connectivity index (χ3v) is 3.49. The number of carbonyl (C=O) groups is 1. The van der Waals surface area contributed by atoms with E-state index in [0.29, 0.717) is 18.6 Å². The van der Waals surface area contributed by atoms with E-state index in [4.69, 9.17) is 10.5 Å². The van der Waals surface area contributed by atoms with Crippen molar-refractivity contribution >= 4 is 5.78 Å². The molecular weight excluding hydrogens is 214 g/mol. The SMILES string of the molecule is COc1cccc(CC2(N)CCC(=O)CC2)c1. The van der Waals surface area contributed by atoms with Crippen LogP contribution in [0.1, 0.15) is 31.2 Å². The Morgan fingerprint density at radius 1 is 1.35 bits per heavy atom. The van der Waals surface area contributed by atoms with Crippen LogP contribution in [0.4, 0.5) is 0 Å². The number of rotatable bonds is 3. The number of methoxy groups -OCH3 is 1. The van der Waals surface area contributed by atoms with Crippen molar-refractivity contribution in [3.05, 3.63) is 29.8 Å². The molecular formula is C14H19NO2. The van der Waals surface area contributed by atoms with E-state index in [9.17, 15) is 4.79 Å². The Labute approximate surface area is 102 Å². The second kappa shape index (κ2) is 4.88. The molecule has 1 fully saturated rings. The minimum Gasteiger partial charge on any atom is -0.497 e. The fourth-order valence-corrected chi connectivity index (χ4v) is 2.39. The summed E-state index contributed by atoms with van der Waals surface area (Å²) in [4.78, 5) is 11.2. The predicted octanol–water partition coefficient (Wildman–Crippen LogP) is 2.08. The van der Waals surface area contributed by atoms with Crippen LogP contribution in [0.25, 0.3) is 0 Å². The van der Waals surface area contributed by atoms with Crippen molar-refractivity contribution < 1.29 is 9.53 Å². The number of nitrogens with two attached hydrogens (primary N) is 1. The zero-order valence-electron chi connectivity index (χ0n) is 10.2. The maximum absolute atomic E-state index is 11.2. The maximum atomic E-state index is 11.2. The van der Waals surface area contributed by atoms with Crippen LogP contribution in [0.5, 0.6) is 5.75 Å². The van der Waals surface area contributed by atoms with E-state index in [1.165, 1.54) is 5.56 Å². The summed E-state index contributed by atoms with van der Waals surface area (Å²) in [6, 6.07) is 7.99. The zero-order chi connectivity index (χ0) is 12.3. The Balaban J connectivity index is 2.06. The first-order valence-electron chi connectivity index (χ1n) is 6.05. The van der Waals surface area contributed by atoms with E-state index in [-0.39, 0.29) is 5.54 Å². The highest BCUT2D eigenvalue weighted by Crippen LogP contribution is 2.28. The topological polar surface area (TPSA) is 52.3 Å². The molecule has 3 heteroatoms. The first kappa shape index (κ1) is 12.1. The molecule has 0 amide bonds. The van der Waals surface area contributed by atoms with E-state index in [1.54, 1.807) is 7.11 Å². The fourth-order valence-electron chi connectivity index (χ4n) is 2.39. The molecule has 0 atom stereocenters. The number of Topliss-reactive ketones (excluding diaryl/α,β-unsaturated/α-hetero) is 1. The van der Waals surface area contributed by atoms with Crippen molar-refractivity contribution in [1.82, 2.24) is 0 Å². The number of ether oxygens (including phenoxy) is 1. The molecule has 2 N–H and O–H groups in total. The molecule has 0 spiro atoms. The Hall–Kier alpha value is -1.35. The van der Waals surface area contributed by atoms with Gasteiger partial charge in [-0.15, -0.1) is 0 Å². The van der Waals surface area contributed by atoms with Crippen LogP contribution in [0.15, 0.2) is 24.3 Å². The molecule has 3 nitrogen and oxygen atoms in total. The first-order valence-corrected chi connectivity index (χ1v) is 6.05. The Morgan fingerprint density at radius 2 is 2.06 bits per heavy atom. The van der Waals surface area contributed by atoms with Crippen LogP contribution in [-0.2, 0) is 11.2 Å². The minimum absolute atomic E-state index is 0.222. The highest BCUT2D eigenvalue weighted by Gasteiger charge is 2.30. The van der Waals surface area contributed by atoms with Gasteiger partial charge in [-0.05, 0) is 37.0 Å². The van der Waals surface area contributed by atoms with Crippen molar-refractivity contribution in [2.24, 2.45) is 5.73 Å². The van der Waals surface area contributed by atoms with Crippen molar-refractivity contribution in [3.8, 4) is 5.75 Å². The lowest BCUT2D eigenvalue weighted by Gasteiger charge is -2.33. The number of hydrogen-bond acceptors (Lipinski definition) is 3. The molecule has 2 rings (SSSR count). The van der Waals surface area contributed by atoms with Gasteiger partial charge in [-0.1, -0.05) is 12.1 Å². The van der Waals surface area contributed by atoms with Gasteiger partial charge in [-0.3, -0.25) is 4.79 Å². The summed E-state index contributed by atoms with van der Waals surface area (Å²) in [5.41, 5.74) is 7.31. The van der Waals surface area contributed by atoms with Gasteiger partial charge >= 0.3 is 0 Å². The van der Waals surface area contributed by atoms with Crippen LogP contribution in [-0.4, -0.2) is 18.4 Å². The molecule has 17 heavy (non-hydrogen) atoms. The van der Waals surface area contributed by atoms with Crippen molar-refractivity contribution in [1.29, 1.82) is 0 Å². The summed E-state index contributed by atoms with van der Waals surface area (Å²) in [6.07, 6.45) is 3.66. The molecule has 0 aliphatic heterocycles. The number of ketones is 1. The Bertz CT molecular complexity index is 404. The summed E-state index contributed by atoms with van der Waals surface area (Å²) >= 11 is 0. The summed E-state index contributed by atoms with van der Waals surface area (Å²) in [6.45, 7) is 0. The van der Waals surface area contributed by atoms with Gasteiger partial charge in [0, 0.05) is 18.4 Å². The second-order valence-corrected chi connectivity index (χ2v) is 4.93. The lowest BCUT2D eigenvalue weighted by molar-refractivity contribution is -0.121. The lowest BCUT2D eigenvalue weighted by Crippen LogP contribution is -2.45. The summed E-state index contributed by atoms with van der Waals surface area (Å²) < 4.78 is 5.20. The van der Waals surface area contributed by atoms with Gasteiger partial charge < -0.3 is 10.5 Å². The van der Waals surface area contributed by atoms with Crippen molar-refractivity contribution in [2.45, 2.75) is 37.6 Å². The van der Waals surface area contributed by atoms with Gasteiger partial charge in [-0.2, -0.15) is 0 Å². The van der Waals surface area contributed by atoms with Gasteiger partial charge in [0.25, 0.3) is 0 Å². The predicted molar refractivity (Wildman–Crippen MR) is 67.1 cm³/mol. The molecule has 1 aromatic rings. The van der Waals surface area contributed by atoms with E-state index in [2.05, 4.69) is 6.07 Å². The van der Waals surface area contributed by atoms with Crippen LogP contribution >= 0.6 is 0 Å². The van der Waals surface area contributed by atoms with Crippen LogP contribution < -0.4 is 10.5 Å². The van der Waals surface area contributed by atoms with Gasteiger partial charge in [0.15, 0.2) is 0 Å². The van der Waals surface area contributed by atoms with Crippen LogP contribution in [0.3, 0.4) is 0 Å². The van der Waals surface area contributed by atoms with Gasteiger partial charge in [0.1, 0.15) is 11.5 Å². The third kappa shape index (κ3) is 3.07. The smallest absolute Gasteiger partial charge is 0.133 e. The molecule has 0 bridgehead atoms. The largest absolute Gasteiger partial charge is 0.497 e. The maximum Gasteiger partial charge on any atom is 0.133 e. The van der Waals surface area contributed by atoms with Gasteiger partial charge in [-0.25, -0.2) is 0 Å².